The van der Waals surface area contributed by atoms with Crippen LogP contribution in [0.15, 0.2) is 18.2 Å². The Labute approximate surface area is 182 Å². The lowest BCUT2D eigenvalue weighted by molar-refractivity contribution is -0.136. The van der Waals surface area contributed by atoms with Gasteiger partial charge in [-0.1, -0.05) is 0 Å². The van der Waals surface area contributed by atoms with Crippen molar-refractivity contribution >= 4 is 29.3 Å². The standard InChI is InChI=1S/C22H20FN5O4/c1-10-5-11(2)25-19(24-10)12-8-27(9-12)17-7-14-13(6-15(17)23)21(31)28(22(14)32)16-3-4-18(29)26-20(16)30/h5-7,12,16H,3-4,8-9H2,1-2H3,(H,26,29,30). The number of amides is 4. The van der Waals surface area contributed by atoms with Crippen LogP contribution in [0.1, 0.15) is 56.7 Å². The molecule has 1 unspecified atom stereocenters. The zero-order valence-corrected chi connectivity index (χ0v) is 17.5. The number of piperidine rings is 1. The van der Waals surface area contributed by atoms with Crippen LogP contribution in [0.2, 0.25) is 0 Å². The lowest BCUT2D eigenvalue weighted by Gasteiger charge is -2.40. The molecule has 4 heterocycles. The summed E-state index contributed by atoms with van der Waals surface area (Å²) in [4.78, 5) is 60.9. The van der Waals surface area contributed by atoms with E-state index in [4.69, 9.17) is 0 Å². The minimum absolute atomic E-state index is 0.0269. The maximum Gasteiger partial charge on any atom is 0.262 e. The molecule has 164 valence electrons. The molecule has 32 heavy (non-hydrogen) atoms. The van der Waals surface area contributed by atoms with E-state index in [-0.39, 0.29) is 35.6 Å². The molecule has 3 aliphatic heterocycles. The number of carbonyl (C=O) groups is 4. The van der Waals surface area contributed by atoms with Gasteiger partial charge in [0, 0.05) is 30.9 Å². The maximum atomic E-state index is 14.9. The van der Waals surface area contributed by atoms with Crippen molar-refractivity contribution in [2.75, 3.05) is 18.0 Å². The third-order valence-electron chi connectivity index (χ3n) is 6.09. The Kier molecular flexibility index (Phi) is 4.54. The summed E-state index contributed by atoms with van der Waals surface area (Å²) in [5.41, 5.74) is 1.94. The number of nitrogens with zero attached hydrogens (tertiary/aromatic N) is 4. The van der Waals surface area contributed by atoms with Crippen LogP contribution in [0.5, 0.6) is 0 Å². The fourth-order valence-electron chi connectivity index (χ4n) is 4.50. The van der Waals surface area contributed by atoms with Crippen LogP contribution in [-0.4, -0.2) is 57.6 Å². The van der Waals surface area contributed by atoms with Gasteiger partial charge in [-0.3, -0.25) is 29.4 Å². The SMILES string of the molecule is Cc1cc(C)nc(C2CN(c3cc4c(cc3F)C(=O)N(C3CCC(=O)NC3=O)C4=O)C2)n1. The summed E-state index contributed by atoms with van der Waals surface area (Å²) in [6.07, 6.45) is 0.0777. The predicted molar refractivity (Wildman–Crippen MR) is 110 cm³/mol. The second-order valence-corrected chi connectivity index (χ2v) is 8.41. The van der Waals surface area contributed by atoms with E-state index in [9.17, 15) is 23.6 Å². The predicted octanol–water partition coefficient (Wildman–Crippen LogP) is 1.24. The van der Waals surface area contributed by atoms with Gasteiger partial charge in [0.1, 0.15) is 17.7 Å². The molecule has 2 fully saturated rings. The fourth-order valence-corrected chi connectivity index (χ4v) is 4.50. The number of nitrogens with one attached hydrogen (secondary N) is 1. The number of carbonyl (C=O) groups excluding carboxylic acids is 4. The molecule has 2 aromatic rings. The van der Waals surface area contributed by atoms with Gasteiger partial charge in [0.15, 0.2) is 0 Å². The van der Waals surface area contributed by atoms with Gasteiger partial charge in [0.05, 0.1) is 22.7 Å². The molecule has 10 heteroatoms. The van der Waals surface area contributed by atoms with Crippen molar-refractivity contribution in [3.05, 3.63) is 52.4 Å². The molecule has 0 aliphatic carbocycles. The van der Waals surface area contributed by atoms with E-state index in [0.29, 0.717) is 18.9 Å². The highest BCUT2D eigenvalue weighted by Gasteiger charge is 2.45. The zero-order valence-electron chi connectivity index (χ0n) is 17.5. The van der Waals surface area contributed by atoms with Gasteiger partial charge < -0.3 is 4.90 Å². The van der Waals surface area contributed by atoms with Crippen LogP contribution < -0.4 is 10.2 Å². The average molecular weight is 437 g/mol. The van der Waals surface area contributed by atoms with Gasteiger partial charge in [-0.25, -0.2) is 14.4 Å². The Hall–Kier alpha value is -3.69. The van der Waals surface area contributed by atoms with E-state index in [2.05, 4.69) is 15.3 Å². The molecule has 1 aromatic heterocycles. The lowest BCUT2D eigenvalue weighted by Crippen LogP contribution is -2.54. The number of aromatic nitrogens is 2. The Morgan fingerprint density at radius 3 is 2.22 bits per heavy atom. The smallest absolute Gasteiger partial charge is 0.262 e. The van der Waals surface area contributed by atoms with Gasteiger partial charge in [-0.15, -0.1) is 0 Å². The molecule has 0 bridgehead atoms. The van der Waals surface area contributed by atoms with Crippen molar-refractivity contribution in [3.63, 3.8) is 0 Å². The highest BCUT2D eigenvalue weighted by Crippen LogP contribution is 2.36. The fraction of sp³-hybridized carbons (Fsp3) is 0.364. The maximum absolute atomic E-state index is 14.9. The first-order chi connectivity index (χ1) is 15.2. The molecule has 0 radical (unpaired) electrons. The number of fused-ring (bicyclic) bond motifs is 1. The van der Waals surface area contributed by atoms with Crippen LogP contribution in [-0.2, 0) is 9.59 Å². The van der Waals surface area contributed by atoms with E-state index >= 15 is 0 Å². The van der Waals surface area contributed by atoms with E-state index in [1.54, 1.807) is 4.90 Å². The summed E-state index contributed by atoms with van der Waals surface area (Å²) in [6, 6.07) is 3.23. The molecular formula is C22H20FN5O4. The van der Waals surface area contributed by atoms with Gasteiger partial charge in [0.2, 0.25) is 11.8 Å². The first-order valence-electron chi connectivity index (χ1n) is 10.3. The van der Waals surface area contributed by atoms with Crippen molar-refractivity contribution in [1.29, 1.82) is 0 Å². The van der Waals surface area contributed by atoms with Gasteiger partial charge in [-0.05, 0) is 38.5 Å². The number of benzene rings is 1. The summed E-state index contributed by atoms with van der Waals surface area (Å²) < 4.78 is 14.9. The minimum atomic E-state index is -1.08. The Morgan fingerprint density at radius 1 is 0.969 bits per heavy atom. The molecule has 2 saturated heterocycles. The highest BCUT2D eigenvalue weighted by molar-refractivity contribution is 6.23. The number of aryl methyl sites for hydroxylation is 2. The summed E-state index contributed by atoms with van der Waals surface area (Å²) >= 11 is 0. The zero-order chi connectivity index (χ0) is 22.7. The van der Waals surface area contributed by atoms with Crippen LogP contribution in [0.3, 0.4) is 0 Å². The largest absolute Gasteiger partial charge is 0.368 e. The molecule has 1 aromatic carbocycles. The molecule has 5 rings (SSSR count). The molecular weight excluding hydrogens is 417 g/mol. The quantitative estimate of drug-likeness (QED) is 0.719. The topological polar surface area (TPSA) is 113 Å². The average Bonchev–Trinajstić information content (AvgIpc) is 2.90. The van der Waals surface area contributed by atoms with Crippen LogP contribution in [0.25, 0.3) is 0 Å². The molecule has 4 amide bonds. The Bertz CT molecular complexity index is 1190. The first-order valence-corrected chi connectivity index (χ1v) is 10.3. The van der Waals surface area contributed by atoms with E-state index in [1.807, 2.05) is 19.9 Å². The third-order valence-corrected chi connectivity index (χ3v) is 6.09. The Morgan fingerprint density at radius 2 is 1.59 bits per heavy atom. The summed E-state index contributed by atoms with van der Waals surface area (Å²) in [5, 5.41) is 2.14. The molecule has 1 N–H and O–H groups in total. The second kappa shape index (κ2) is 7.18. The van der Waals surface area contributed by atoms with Crippen molar-refractivity contribution < 1.29 is 23.6 Å². The van der Waals surface area contributed by atoms with Crippen molar-refractivity contribution in [2.45, 2.75) is 38.6 Å². The number of anilines is 1. The summed E-state index contributed by atoms with van der Waals surface area (Å²) in [5.74, 6) is -2.40. The van der Waals surface area contributed by atoms with E-state index < -0.39 is 35.5 Å². The monoisotopic (exact) mass is 437 g/mol. The van der Waals surface area contributed by atoms with Crippen LogP contribution >= 0.6 is 0 Å². The minimum Gasteiger partial charge on any atom is -0.368 e. The number of hydrogen-bond acceptors (Lipinski definition) is 7. The molecule has 9 nitrogen and oxygen atoms in total. The molecule has 3 aliphatic rings. The number of halogens is 1. The van der Waals surface area contributed by atoms with Crippen LogP contribution in [0.4, 0.5) is 10.1 Å². The summed E-state index contributed by atoms with van der Waals surface area (Å²) in [6.45, 7) is 4.76. The molecule has 0 spiro atoms. The number of rotatable bonds is 3. The van der Waals surface area contributed by atoms with Gasteiger partial charge >= 0.3 is 0 Å². The van der Waals surface area contributed by atoms with E-state index in [1.165, 1.54) is 6.07 Å². The highest BCUT2D eigenvalue weighted by atomic mass is 19.1. The normalized spacial score (nSPS) is 21.0. The van der Waals surface area contributed by atoms with Crippen molar-refractivity contribution in [2.24, 2.45) is 0 Å². The lowest BCUT2D eigenvalue weighted by atomic mass is 9.96. The van der Waals surface area contributed by atoms with Gasteiger partial charge in [0.25, 0.3) is 11.8 Å². The third kappa shape index (κ3) is 3.14. The summed E-state index contributed by atoms with van der Waals surface area (Å²) in [7, 11) is 0. The molecule has 1 atom stereocenters. The second-order valence-electron chi connectivity index (χ2n) is 8.41. The van der Waals surface area contributed by atoms with Crippen molar-refractivity contribution in [3.8, 4) is 0 Å². The van der Waals surface area contributed by atoms with Crippen molar-refractivity contribution in [1.82, 2.24) is 20.2 Å². The number of imide groups is 2. The van der Waals surface area contributed by atoms with E-state index in [0.717, 1.165) is 22.4 Å². The number of hydrogen-bond donors (Lipinski definition) is 1. The van der Waals surface area contributed by atoms with Gasteiger partial charge in [-0.2, -0.15) is 0 Å². The first kappa shape index (κ1) is 20.2. The molecule has 0 saturated carbocycles. The van der Waals surface area contributed by atoms with Crippen LogP contribution in [0, 0.1) is 19.7 Å². The Balaban J connectivity index is 1.38.